The minimum absolute atomic E-state index is 0.0368. The molecule has 9 nitrogen and oxygen atoms in total. The van der Waals surface area contributed by atoms with Crippen LogP contribution in [0.5, 0.6) is 0 Å². The second kappa shape index (κ2) is 11.6. The first-order valence-corrected chi connectivity index (χ1v) is 13.4. The zero-order valence-corrected chi connectivity index (χ0v) is 23.8. The lowest BCUT2D eigenvalue weighted by Gasteiger charge is -2.32. The summed E-state index contributed by atoms with van der Waals surface area (Å²) < 4.78 is 0. The van der Waals surface area contributed by atoms with Crippen LogP contribution in [0.4, 0.5) is 17.1 Å². The van der Waals surface area contributed by atoms with Crippen molar-refractivity contribution in [2.24, 2.45) is 5.10 Å². The Hall–Kier alpha value is -4.66. The number of hydrogen-bond acceptors (Lipinski definition) is 6. The summed E-state index contributed by atoms with van der Waals surface area (Å²) in [5, 5.41) is 14.5. The second-order valence-electron chi connectivity index (χ2n) is 9.87. The molecule has 1 aliphatic heterocycles. The molecule has 0 aliphatic carbocycles. The number of amidine groups is 1. The standard InChI is InChI=1S/C31H36N6O3/c1-7-36(8-2)26-16-14-25(15-17-26)34-31(33-23(6)38)29(35-37(30(31)40)27-12-10-9-11-13-27)32-28(39)24-18-20(3)22(5)21(4)19-24/h9-19,34H,7-8H2,1-6H3,(H,33,38)(H,32,35,39). The van der Waals surface area contributed by atoms with Gasteiger partial charge in [0.1, 0.15) is 0 Å². The van der Waals surface area contributed by atoms with Crippen molar-refractivity contribution in [3.05, 3.63) is 89.0 Å². The van der Waals surface area contributed by atoms with E-state index in [1.807, 2.05) is 51.1 Å². The van der Waals surface area contributed by atoms with E-state index in [9.17, 15) is 14.4 Å². The van der Waals surface area contributed by atoms with E-state index in [0.29, 0.717) is 16.9 Å². The van der Waals surface area contributed by atoms with Crippen molar-refractivity contribution in [1.82, 2.24) is 10.6 Å². The Morgan fingerprint density at radius 1 is 0.925 bits per heavy atom. The SMILES string of the molecule is CCN(CC)c1ccc(NC2(NC(C)=O)C(=O)N(c3ccccc3)N=C2NC(=O)c2cc(C)c(C)c(C)c2)cc1. The number of nitrogens with zero attached hydrogens (tertiary/aromatic N) is 3. The molecule has 3 N–H and O–H groups in total. The molecule has 208 valence electrons. The average molecular weight is 541 g/mol. The van der Waals surface area contributed by atoms with Gasteiger partial charge in [-0.3, -0.25) is 14.4 Å². The van der Waals surface area contributed by atoms with Crippen LogP contribution in [0.15, 0.2) is 71.8 Å². The van der Waals surface area contributed by atoms with Crippen molar-refractivity contribution in [1.29, 1.82) is 0 Å². The lowest BCUT2D eigenvalue weighted by molar-refractivity contribution is -0.127. The monoisotopic (exact) mass is 540 g/mol. The van der Waals surface area contributed by atoms with E-state index >= 15 is 0 Å². The minimum Gasteiger partial charge on any atom is -0.372 e. The number of carbonyl (C=O) groups excluding carboxylic acids is 3. The molecule has 3 aromatic rings. The molecular formula is C31H36N6O3. The average Bonchev–Trinajstić information content (AvgIpc) is 3.19. The summed E-state index contributed by atoms with van der Waals surface area (Å²) in [4.78, 5) is 42.3. The number of hydrogen-bond donors (Lipinski definition) is 3. The maximum Gasteiger partial charge on any atom is 0.302 e. The van der Waals surface area contributed by atoms with Crippen molar-refractivity contribution in [3.63, 3.8) is 0 Å². The number of para-hydroxylation sites is 1. The van der Waals surface area contributed by atoms with Gasteiger partial charge in [0, 0.05) is 37.0 Å². The van der Waals surface area contributed by atoms with E-state index in [4.69, 9.17) is 0 Å². The smallest absolute Gasteiger partial charge is 0.302 e. The van der Waals surface area contributed by atoms with Gasteiger partial charge in [0.2, 0.25) is 5.91 Å². The van der Waals surface area contributed by atoms with Crippen LogP contribution >= 0.6 is 0 Å². The number of rotatable bonds is 8. The van der Waals surface area contributed by atoms with Gasteiger partial charge >= 0.3 is 5.91 Å². The molecule has 0 spiro atoms. The predicted octanol–water partition coefficient (Wildman–Crippen LogP) is 4.49. The van der Waals surface area contributed by atoms with E-state index in [1.165, 1.54) is 11.9 Å². The Morgan fingerprint density at radius 3 is 2.08 bits per heavy atom. The Morgan fingerprint density at radius 2 is 1.52 bits per heavy atom. The van der Waals surface area contributed by atoms with Gasteiger partial charge in [-0.2, -0.15) is 5.01 Å². The lowest BCUT2D eigenvalue weighted by Crippen LogP contribution is -2.67. The zero-order chi connectivity index (χ0) is 29.0. The van der Waals surface area contributed by atoms with Gasteiger partial charge in [-0.05, 0) is 99.8 Å². The van der Waals surface area contributed by atoms with E-state index in [1.54, 1.807) is 36.4 Å². The summed E-state index contributed by atoms with van der Waals surface area (Å²) >= 11 is 0. The molecule has 9 heteroatoms. The zero-order valence-electron chi connectivity index (χ0n) is 23.8. The van der Waals surface area contributed by atoms with E-state index < -0.39 is 23.4 Å². The highest BCUT2D eigenvalue weighted by Crippen LogP contribution is 2.29. The van der Waals surface area contributed by atoms with Crippen LogP contribution < -0.4 is 25.9 Å². The maximum absolute atomic E-state index is 14.1. The molecule has 0 saturated heterocycles. The highest BCUT2D eigenvalue weighted by molar-refractivity contribution is 6.28. The van der Waals surface area contributed by atoms with Gasteiger partial charge < -0.3 is 20.9 Å². The van der Waals surface area contributed by atoms with Crippen LogP contribution in [-0.4, -0.2) is 42.3 Å². The summed E-state index contributed by atoms with van der Waals surface area (Å²) in [7, 11) is 0. The number of carbonyl (C=O) groups is 3. The minimum atomic E-state index is -1.86. The van der Waals surface area contributed by atoms with Crippen LogP contribution in [0.1, 0.15) is 47.8 Å². The van der Waals surface area contributed by atoms with E-state index in [0.717, 1.165) is 35.5 Å². The van der Waals surface area contributed by atoms with Gasteiger partial charge in [-0.1, -0.05) is 18.2 Å². The van der Waals surface area contributed by atoms with E-state index in [2.05, 4.69) is 39.8 Å². The molecule has 0 aromatic heterocycles. The molecule has 0 bridgehead atoms. The molecule has 0 fully saturated rings. The summed E-state index contributed by atoms with van der Waals surface area (Å²) in [5.74, 6) is -1.51. The summed E-state index contributed by atoms with van der Waals surface area (Å²) in [6.45, 7) is 13.1. The van der Waals surface area contributed by atoms with Gasteiger partial charge in [-0.25, -0.2) is 0 Å². The second-order valence-corrected chi connectivity index (χ2v) is 9.87. The summed E-state index contributed by atoms with van der Waals surface area (Å²) in [6.07, 6.45) is 0. The first kappa shape index (κ1) is 28.4. The number of anilines is 3. The first-order valence-electron chi connectivity index (χ1n) is 13.4. The molecule has 3 aromatic carbocycles. The Balaban J connectivity index is 1.78. The summed E-state index contributed by atoms with van der Waals surface area (Å²) in [6, 6.07) is 20.0. The van der Waals surface area contributed by atoms with Gasteiger partial charge in [-0.15, -0.1) is 5.10 Å². The van der Waals surface area contributed by atoms with Crippen LogP contribution in [0.2, 0.25) is 0 Å². The quantitative estimate of drug-likeness (QED) is 0.365. The molecule has 3 amide bonds. The Labute approximate surface area is 235 Å². The number of nitrogens with one attached hydrogen (secondary N) is 3. The number of hydrazone groups is 1. The van der Waals surface area contributed by atoms with Crippen molar-refractivity contribution < 1.29 is 14.4 Å². The lowest BCUT2D eigenvalue weighted by atomic mass is 10.00. The van der Waals surface area contributed by atoms with Crippen LogP contribution in [0.3, 0.4) is 0 Å². The fourth-order valence-electron chi connectivity index (χ4n) is 4.77. The molecule has 1 heterocycles. The normalized spacial score (nSPS) is 16.4. The van der Waals surface area contributed by atoms with Crippen molar-refractivity contribution >= 4 is 40.6 Å². The Bertz CT molecular complexity index is 1420. The number of amides is 3. The molecule has 4 rings (SSSR count). The molecule has 1 unspecified atom stereocenters. The molecule has 1 atom stereocenters. The molecule has 0 saturated carbocycles. The fraction of sp³-hybridized carbons (Fsp3) is 0.290. The highest BCUT2D eigenvalue weighted by atomic mass is 16.2. The van der Waals surface area contributed by atoms with Crippen molar-refractivity contribution in [2.45, 2.75) is 47.2 Å². The Kier molecular flexibility index (Phi) is 8.23. The third-order valence-electron chi connectivity index (χ3n) is 7.18. The first-order chi connectivity index (χ1) is 19.1. The third-order valence-corrected chi connectivity index (χ3v) is 7.18. The number of aryl methyl sites for hydroxylation is 2. The van der Waals surface area contributed by atoms with Crippen LogP contribution in [0, 0.1) is 20.8 Å². The highest BCUT2D eigenvalue weighted by Gasteiger charge is 2.54. The van der Waals surface area contributed by atoms with Gasteiger partial charge in [0.15, 0.2) is 5.84 Å². The summed E-state index contributed by atoms with van der Waals surface area (Å²) in [5.41, 5.74) is 3.70. The van der Waals surface area contributed by atoms with Crippen LogP contribution in [0.25, 0.3) is 0 Å². The molecule has 40 heavy (non-hydrogen) atoms. The predicted molar refractivity (Wildman–Crippen MR) is 160 cm³/mol. The van der Waals surface area contributed by atoms with Gasteiger partial charge in [0.05, 0.1) is 5.69 Å². The topological polar surface area (TPSA) is 106 Å². The molecule has 0 radical (unpaired) electrons. The maximum atomic E-state index is 14.1. The van der Waals surface area contributed by atoms with Crippen LogP contribution in [-0.2, 0) is 9.59 Å². The van der Waals surface area contributed by atoms with Crippen molar-refractivity contribution in [3.8, 4) is 0 Å². The number of benzene rings is 3. The van der Waals surface area contributed by atoms with Gasteiger partial charge in [0.25, 0.3) is 11.6 Å². The van der Waals surface area contributed by atoms with Crippen molar-refractivity contribution in [2.75, 3.05) is 28.3 Å². The van der Waals surface area contributed by atoms with E-state index in [-0.39, 0.29) is 5.84 Å². The molecule has 1 aliphatic rings. The third kappa shape index (κ3) is 5.54. The largest absolute Gasteiger partial charge is 0.372 e. The fourth-order valence-corrected chi connectivity index (χ4v) is 4.77. The molecular weight excluding hydrogens is 504 g/mol.